The van der Waals surface area contributed by atoms with Crippen LogP contribution < -0.4 is 9.64 Å². The van der Waals surface area contributed by atoms with Gasteiger partial charge in [-0.05, 0) is 30.7 Å². The van der Waals surface area contributed by atoms with Gasteiger partial charge in [0.15, 0.2) is 0 Å². The zero-order valence-corrected chi connectivity index (χ0v) is 14.3. The van der Waals surface area contributed by atoms with Gasteiger partial charge < -0.3 is 14.5 Å². The van der Waals surface area contributed by atoms with Crippen molar-refractivity contribution in [2.75, 3.05) is 38.2 Å². The van der Waals surface area contributed by atoms with Crippen molar-refractivity contribution in [1.29, 1.82) is 0 Å². The van der Waals surface area contributed by atoms with Gasteiger partial charge in [0.25, 0.3) is 5.91 Å². The Hall–Kier alpha value is -2.08. The fourth-order valence-electron chi connectivity index (χ4n) is 2.69. The number of carbonyl (C=O) groups is 1. The van der Waals surface area contributed by atoms with Gasteiger partial charge in [0.1, 0.15) is 10.6 Å². The summed E-state index contributed by atoms with van der Waals surface area (Å²) >= 11 is 1.51. The number of rotatable bonds is 4. The minimum atomic E-state index is 0.108. The van der Waals surface area contributed by atoms with Gasteiger partial charge in [0.2, 0.25) is 0 Å². The summed E-state index contributed by atoms with van der Waals surface area (Å²) in [4.78, 5) is 21.8. The predicted octanol–water partition coefficient (Wildman–Crippen LogP) is 2.68. The summed E-state index contributed by atoms with van der Waals surface area (Å²) < 4.78 is 5.19. The Labute approximate surface area is 140 Å². The molecule has 1 aromatic carbocycles. The summed E-state index contributed by atoms with van der Waals surface area (Å²) in [6.45, 7) is 5.23. The number of aromatic nitrogens is 1. The lowest BCUT2D eigenvalue weighted by Crippen LogP contribution is -2.48. The first kappa shape index (κ1) is 15.8. The molecule has 6 heteroatoms. The smallest absolute Gasteiger partial charge is 0.265 e. The first-order chi connectivity index (χ1) is 11.2. The molecule has 1 amide bonds. The highest BCUT2D eigenvalue weighted by Crippen LogP contribution is 2.22. The van der Waals surface area contributed by atoms with Gasteiger partial charge in [-0.3, -0.25) is 4.79 Å². The number of anilines is 1. The lowest BCUT2D eigenvalue weighted by molar-refractivity contribution is 0.0751. The predicted molar refractivity (Wildman–Crippen MR) is 92.6 cm³/mol. The van der Waals surface area contributed by atoms with Crippen LogP contribution in [0.3, 0.4) is 0 Å². The molecule has 3 rings (SSSR count). The lowest BCUT2D eigenvalue weighted by Gasteiger charge is -2.36. The molecule has 0 bridgehead atoms. The normalized spacial score (nSPS) is 14.9. The molecular formula is C17H21N3O2S. The number of benzene rings is 1. The molecule has 122 valence electrons. The van der Waals surface area contributed by atoms with Crippen LogP contribution in [-0.2, 0) is 6.42 Å². The van der Waals surface area contributed by atoms with Gasteiger partial charge >= 0.3 is 0 Å². The molecule has 0 unspecified atom stereocenters. The van der Waals surface area contributed by atoms with Crippen molar-refractivity contribution < 1.29 is 9.53 Å². The van der Waals surface area contributed by atoms with E-state index in [-0.39, 0.29) is 5.91 Å². The minimum absolute atomic E-state index is 0.108. The monoisotopic (exact) mass is 331 g/mol. The summed E-state index contributed by atoms with van der Waals surface area (Å²) in [5.41, 5.74) is 1.17. The Morgan fingerprint density at radius 3 is 2.48 bits per heavy atom. The first-order valence-corrected chi connectivity index (χ1v) is 8.66. The lowest BCUT2D eigenvalue weighted by atomic mass is 10.2. The average molecular weight is 331 g/mol. The van der Waals surface area contributed by atoms with E-state index in [1.165, 1.54) is 17.0 Å². The first-order valence-electron chi connectivity index (χ1n) is 7.84. The van der Waals surface area contributed by atoms with Gasteiger partial charge in [-0.15, -0.1) is 11.3 Å². The van der Waals surface area contributed by atoms with E-state index in [1.54, 1.807) is 13.3 Å². The third kappa shape index (κ3) is 3.47. The van der Waals surface area contributed by atoms with Gasteiger partial charge in [0.05, 0.1) is 18.3 Å². The third-order valence-corrected chi connectivity index (χ3v) is 5.20. The van der Waals surface area contributed by atoms with Crippen LogP contribution in [-0.4, -0.2) is 49.1 Å². The van der Waals surface area contributed by atoms with Gasteiger partial charge in [-0.2, -0.15) is 0 Å². The summed E-state index contributed by atoms with van der Waals surface area (Å²) in [6.07, 6.45) is 2.59. The molecular weight excluding hydrogens is 310 g/mol. The van der Waals surface area contributed by atoms with Crippen LogP contribution in [0, 0.1) is 0 Å². The zero-order chi connectivity index (χ0) is 16.2. The molecule has 0 N–H and O–H groups in total. The Kier molecular flexibility index (Phi) is 4.81. The summed E-state index contributed by atoms with van der Waals surface area (Å²) in [5.74, 6) is 0.969. The van der Waals surface area contributed by atoms with Crippen LogP contribution in [0.25, 0.3) is 0 Å². The van der Waals surface area contributed by atoms with Crippen molar-refractivity contribution in [1.82, 2.24) is 9.88 Å². The van der Waals surface area contributed by atoms with Crippen LogP contribution in [0.1, 0.15) is 21.6 Å². The number of ether oxygens (including phenoxy) is 1. The van der Waals surface area contributed by atoms with E-state index in [1.807, 2.05) is 17.0 Å². The van der Waals surface area contributed by atoms with Crippen LogP contribution >= 0.6 is 11.3 Å². The quantitative estimate of drug-likeness (QED) is 0.864. The number of amides is 1. The second kappa shape index (κ2) is 7.00. The van der Waals surface area contributed by atoms with Crippen molar-refractivity contribution in [2.45, 2.75) is 13.3 Å². The topological polar surface area (TPSA) is 45.7 Å². The van der Waals surface area contributed by atoms with Crippen molar-refractivity contribution in [2.24, 2.45) is 0 Å². The molecule has 5 nitrogen and oxygen atoms in total. The van der Waals surface area contributed by atoms with Gasteiger partial charge in [-0.25, -0.2) is 4.98 Å². The molecule has 0 aliphatic carbocycles. The number of hydrogen-bond acceptors (Lipinski definition) is 5. The van der Waals surface area contributed by atoms with E-state index in [9.17, 15) is 4.79 Å². The molecule has 1 fully saturated rings. The Morgan fingerprint density at radius 2 is 1.91 bits per heavy atom. The molecule has 2 heterocycles. The second-order valence-electron chi connectivity index (χ2n) is 5.45. The standard InChI is InChI=1S/C17H21N3O2S/c1-3-16-18-12-15(23-16)17(21)20-10-8-19(9-11-20)13-4-6-14(22-2)7-5-13/h4-7,12H,3,8-11H2,1-2H3. The molecule has 1 saturated heterocycles. The average Bonchev–Trinajstić information content (AvgIpc) is 3.10. The van der Waals surface area contributed by atoms with Gasteiger partial charge in [0, 0.05) is 31.9 Å². The van der Waals surface area contributed by atoms with Crippen LogP contribution in [0.15, 0.2) is 30.5 Å². The number of hydrogen-bond donors (Lipinski definition) is 0. The van der Waals surface area contributed by atoms with E-state index in [0.29, 0.717) is 0 Å². The van der Waals surface area contributed by atoms with Crippen LogP contribution in [0.2, 0.25) is 0 Å². The van der Waals surface area contributed by atoms with Crippen molar-refractivity contribution in [3.05, 3.63) is 40.3 Å². The van der Waals surface area contributed by atoms with Crippen molar-refractivity contribution >= 4 is 22.9 Å². The van der Waals surface area contributed by atoms with Crippen LogP contribution in [0.5, 0.6) is 5.75 Å². The van der Waals surface area contributed by atoms with E-state index in [4.69, 9.17) is 4.74 Å². The zero-order valence-electron chi connectivity index (χ0n) is 13.5. The molecule has 1 aliphatic heterocycles. The highest BCUT2D eigenvalue weighted by atomic mass is 32.1. The van der Waals surface area contributed by atoms with Crippen LogP contribution in [0.4, 0.5) is 5.69 Å². The molecule has 0 saturated carbocycles. The number of nitrogens with zero attached hydrogens (tertiary/aromatic N) is 3. The third-order valence-electron chi connectivity index (χ3n) is 4.07. The molecule has 1 aromatic heterocycles. The second-order valence-corrected chi connectivity index (χ2v) is 6.56. The van der Waals surface area contributed by atoms with E-state index in [0.717, 1.165) is 48.2 Å². The molecule has 0 atom stereocenters. The molecule has 1 aliphatic rings. The SMILES string of the molecule is CCc1ncc(C(=O)N2CCN(c3ccc(OC)cc3)CC2)s1. The van der Waals surface area contributed by atoms with Gasteiger partial charge in [-0.1, -0.05) is 6.92 Å². The largest absolute Gasteiger partial charge is 0.497 e. The number of piperazine rings is 1. The number of aryl methyl sites for hydroxylation is 1. The van der Waals surface area contributed by atoms with E-state index < -0.39 is 0 Å². The summed E-state index contributed by atoms with van der Waals surface area (Å²) in [7, 11) is 1.67. The maximum absolute atomic E-state index is 12.5. The summed E-state index contributed by atoms with van der Waals surface area (Å²) in [5, 5.41) is 1.02. The maximum Gasteiger partial charge on any atom is 0.265 e. The summed E-state index contributed by atoms with van der Waals surface area (Å²) in [6, 6.07) is 8.06. The highest BCUT2D eigenvalue weighted by Gasteiger charge is 2.23. The number of carbonyl (C=O) groups excluding carboxylic acids is 1. The molecule has 0 spiro atoms. The Morgan fingerprint density at radius 1 is 1.22 bits per heavy atom. The highest BCUT2D eigenvalue weighted by molar-refractivity contribution is 7.13. The number of thiazole rings is 1. The fraction of sp³-hybridized carbons (Fsp3) is 0.412. The molecule has 23 heavy (non-hydrogen) atoms. The Balaban J connectivity index is 1.60. The maximum atomic E-state index is 12.5. The minimum Gasteiger partial charge on any atom is -0.497 e. The van der Waals surface area contributed by atoms with E-state index in [2.05, 4.69) is 28.9 Å². The molecule has 0 radical (unpaired) electrons. The molecule has 2 aromatic rings. The Bertz CT molecular complexity index is 661. The number of methoxy groups -OCH3 is 1. The van der Waals surface area contributed by atoms with Crippen molar-refractivity contribution in [3.63, 3.8) is 0 Å². The van der Waals surface area contributed by atoms with Crippen molar-refractivity contribution in [3.8, 4) is 5.75 Å². The fourth-order valence-corrected chi connectivity index (χ4v) is 3.51. The van der Waals surface area contributed by atoms with E-state index >= 15 is 0 Å².